The average molecular weight is 258 g/mol. The Morgan fingerprint density at radius 2 is 1.94 bits per heavy atom. The van der Waals surface area contributed by atoms with Crippen molar-refractivity contribution in [3.8, 4) is 0 Å². The van der Waals surface area contributed by atoms with E-state index in [1.807, 2.05) is 6.07 Å². The van der Waals surface area contributed by atoms with Gasteiger partial charge in [-0.2, -0.15) is 0 Å². The van der Waals surface area contributed by atoms with Crippen LogP contribution in [0.15, 0.2) is 42.6 Å². The minimum absolute atomic E-state index is 0.171. The lowest BCUT2D eigenvalue weighted by Gasteiger charge is -2.05. The molecule has 1 heterocycles. The SMILES string of the molecule is O=C1C=CC(=O)C(c2c[nH]c3ccc(Cl)cc23)=C1. The van der Waals surface area contributed by atoms with Crippen LogP contribution >= 0.6 is 11.6 Å². The molecule has 0 unspecified atom stereocenters. The highest BCUT2D eigenvalue weighted by atomic mass is 35.5. The summed E-state index contributed by atoms with van der Waals surface area (Å²) < 4.78 is 0. The Morgan fingerprint density at radius 1 is 1.11 bits per heavy atom. The Balaban J connectivity index is 2.23. The van der Waals surface area contributed by atoms with Gasteiger partial charge in [0.05, 0.1) is 0 Å². The van der Waals surface area contributed by atoms with Crippen LogP contribution < -0.4 is 0 Å². The van der Waals surface area contributed by atoms with Crippen LogP contribution in [-0.2, 0) is 9.59 Å². The summed E-state index contributed by atoms with van der Waals surface area (Å²) in [4.78, 5) is 26.2. The summed E-state index contributed by atoms with van der Waals surface area (Å²) in [5.74, 6) is -0.351. The Kier molecular flexibility index (Phi) is 2.42. The van der Waals surface area contributed by atoms with Gasteiger partial charge in [0.1, 0.15) is 0 Å². The number of ketones is 2. The van der Waals surface area contributed by atoms with E-state index in [1.54, 1.807) is 18.3 Å². The molecule has 0 fully saturated rings. The van der Waals surface area contributed by atoms with Crippen molar-refractivity contribution in [1.82, 2.24) is 4.98 Å². The molecule has 1 aromatic carbocycles. The van der Waals surface area contributed by atoms with E-state index < -0.39 is 0 Å². The molecular formula is C14H8ClNO2. The molecular weight excluding hydrogens is 250 g/mol. The fraction of sp³-hybridized carbons (Fsp3) is 0. The molecule has 88 valence electrons. The summed E-state index contributed by atoms with van der Waals surface area (Å²) in [5, 5.41) is 1.43. The van der Waals surface area contributed by atoms with Crippen LogP contribution in [0, 0.1) is 0 Å². The van der Waals surface area contributed by atoms with Crippen molar-refractivity contribution in [3.05, 3.63) is 53.2 Å². The quantitative estimate of drug-likeness (QED) is 0.799. The fourth-order valence-electron chi connectivity index (χ4n) is 2.04. The van der Waals surface area contributed by atoms with E-state index in [-0.39, 0.29) is 11.6 Å². The Hall–Kier alpha value is -2.13. The van der Waals surface area contributed by atoms with Gasteiger partial charge >= 0.3 is 0 Å². The number of carbonyl (C=O) groups excluding carboxylic acids is 2. The highest BCUT2D eigenvalue weighted by molar-refractivity contribution is 6.36. The molecule has 18 heavy (non-hydrogen) atoms. The highest BCUT2D eigenvalue weighted by Gasteiger charge is 2.18. The van der Waals surface area contributed by atoms with Gasteiger partial charge in [-0.25, -0.2) is 0 Å². The zero-order valence-corrected chi connectivity index (χ0v) is 9.99. The van der Waals surface area contributed by atoms with Crippen LogP contribution in [0.5, 0.6) is 0 Å². The molecule has 1 aliphatic rings. The van der Waals surface area contributed by atoms with Crippen molar-refractivity contribution < 1.29 is 9.59 Å². The molecule has 3 rings (SSSR count). The predicted molar refractivity (Wildman–Crippen MR) is 70.4 cm³/mol. The Bertz CT molecular complexity index is 737. The Labute approximate surface area is 108 Å². The summed E-state index contributed by atoms with van der Waals surface area (Å²) in [7, 11) is 0. The minimum Gasteiger partial charge on any atom is -0.361 e. The van der Waals surface area contributed by atoms with Gasteiger partial charge in [-0.05, 0) is 36.4 Å². The van der Waals surface area contributed by atoms with E-state index in [0.29, 0.717) is 16.2 Å². The third-order valence-electron chi connectivity index (χ3n) is 2.88. The second-order valence-electron chi connectivity index (χ2n) is 4.05. The standard InChI is InChI=1S/C14H8ClNO2/c15-8-1-3-13-10(5-8)12(7-16-13)11-6-9(17)2-4-14(11)18/h1-7,16H. The maximum atomic E-state index is 11.8. The maximum Gasteiger partial charge on any atom is 0.186 e. The molecule has 0 aliphatic heterocycles. The van der Waals surface area contributed by atoms with Crippen molar-refractivity contribution in [2.45, 2.75) is 0 Å². The molecule has 1 aromatic heterocycles. The van der Waals surface area contributed by atoms with Crippen molar-refractivity contribution in [1.29, 1.82) is 0 Å². The van der Waals surface area contributed by atoms with Crippen molar-refractivity contribution in [2.24, 2.45) is 0 Å². The van der Waals surface area contributed by atoms with Crippen LogP contribution in [0.4, 0.5) is 0 Å². The van der Waals surface area contributed by atoms with E-state index in [4.69, 9.17) is 11.6 Å². The normalized spacial score (nSPS) is 15.3. The van der Waals surface area contributed by atoms with Gasteiger partial charge in [0, 0.05) is 33.3 Å². The maximum absolute atomic E-state index is 11.8. The molecule has 0 amide bonds. The number of fused-ring (bicyclic) bond motifs is 1. The van der Waals surface area contributed by atoms with Crippen LogP contribution in [0.25, 0.3) is 16.5 Å². The first kappa shape index (κ1) is 11.0. The monoisotopic (exact) mass is 257 g/mol. The van der Waals surface area contributed by atoms with Gasteiger partial charge in [0.15, 0.2) is 11.6 Å². The highest BCUT2D eigenvalue weighted by Crippen LogP contribution is 2.29. The summed E-state index contributed by atoms with van der Waals surface area (Å²) in [6.45, 7) is 0. The molecule has 0 atom stereocenters. The number of nitrogens with one attached hydrogen (secondary N) is 1. The van der Waals surface area contributed by atoms with Crippen LogP contribution in [0.3, 0.4) is 0 Å². The zero-order chi connectivity index (χ0) is 12.7. The Morgan fingerprint density at radius 3 is 2.78 bits per heavy atom. The van der Waals surface area contributed by atoms with Gasteiger partial charge in [0.25, 0.3) is 0 Å². The number of H-pyrrole nitrogens is 1. The lowest BCUT2D eigenvalue weighted by molar-refractivity contribution is -0.113. The van der Waals surface area contributed by atoms with E-state index in [1.165, 1.54) is 18.2 Å². The number of halogens is 1. The van der Waals surface area contributed by atoms with Crippen LogP contribution in [0.2, 0.25) is 5.02 Å². The lowest BCUT2D eigenvalue weighted by atomic mass is 9.96. The van der Waals surface area contributed by atoms with Gasteiger partial charge in [0.2, 0.25) is 0 Å². The molecule has 4 heteroatoms. The summed E-state index contributed by atoms with van der Waals surface area (Å²) in [6, 6.07) is 5.39. The van der Waals surface area contributed by atoms with E-state index in [9.17, 15) is 9.59 Å². The van der Waals surface area contributed by atoms with Gasteiger partial charge in [-0.1, -0.05) is 11.6 Å². The van der Waals surface area contributed by atoms with Crippen molar-refractivity contribution in [3.63, 3.8) is 0 Å². The number of hydrogen-bond acceptors (Lipinski definition) is 2. The lowest BCUT2D eigenvalue weighted by Crippen LogP contribution is -2.06. The van der Waals surface area contributed by atoms with Gasteiger partial charge in [-0.15, -0.1) is 0 Å². The smallest absolute Gasteiger partial charge is 0.186 e. The number of allylic oxidation sites excluding steroid dienone is 4. The van der Waals surface area contributed by atoms with Gasteiger partial charge in [-0.3, -0.25) is 9.59 Å². The summed E-state index contributed by atoms with van der Waals surface area (Å²) in [6.07, 6.45) is 5.64. The third kappa shape index (κ3) is 1.69. The molecule has 3 nitrogen and oxygen atoms in total. The fourth-order valence-corrected chi connectivity index (χ4v) is 2.21. The average Bonchev–Trinajstić information content (AvgIpc) is 2.75. The third-order valence-corrected chi connectivity index (χ3v) is 3.12. The number of aromatic nitrogens is 1. The first-order chi connectivity index (χ1) is 8.65. The van der Waals surface area contributed by atoms with Crippen molar-refractivity contribution in [2.75, 3.05) is 0 Å². The molecule has 0 saturated heterocycles. The molecule has 0 radical (unpaired) electrons. The van der Waals surface area contributed by atoms with E-state index in [2.05, 4.69) is 4.98 Å². The predicted octanol–water partition coefficient (Wildman–Crippen LogP) is 2.91. The first-order valence-corrected chi connectivity index (χ1v) is 5.78. The van der Waals surface area contributed by atoms with E-state index in [0.717, 1.165) is 10.9 Å². The largest absolute Gasteiger partial charge is 0.361 e. The molecule has 0 bridgehead atoms. The molecule has 2 aromatic rings. The molecule has 1 aliphatic carbocycles. The number of carbonyl (C=O) groups is 2. The minimum atomic E-state index is -0.180. The number of hydrogen-bond donors (Lipinski definition) is 1. The van der Waals surface area contributed by atoms with Crippen molar-refractivity contribution >= 4 is 39.6 Å². The first-order valence-electron chi connectivity index (χ1n) is 5.40. The summed E-state index contributed by atoms with van der Waals surface area (Å²) >= 11 is 5.95. The van der Waals surface area contributed by atoms with Crippen LogP contribution in [0.1, 0.15) is 5.56 Å². The van der Waals surface area contributed by atoms with E-state index >= 15 is 0 Å². The number of aromatic amines is 1. The molecule has 0 spiro atoms. The zero-order valence-electron chi connectivity index (χ0n) is 9.24. The number of benzene rings is 1. The van der Waals surface area contributed by atoms with Gasteiger partial charge < -0.3 is 4.98 Å². The second kappa shape index (κ2) is 3.96. The molecule has 0 saturated carbocycles. The topological polar surface area (TPSA) is 49.9 Å². The second-order valence-corrected chi connectivity index (χ2v) is 4.49. The molecule has 1 N–H and O–H groups in total. The number of rotatable bonds is 1. The van der Waals surface area contributed by atoms with Crippen LogP contribution in [-0.4, -0.2) is 16.6 Å². The summed E-state index contributed by atoms with van der Waals surface area (Å²) in [5.41, 5.74) is 1.98.